The second kappa shape index (κ2) is 12.0. The molecule has 5 rings (SSSR count). The lowest BCUT2D eigenvalue weighted by Gasteiger charge is -2.67. The van der Waals surface area contributed by atoms with Crippen LogP contribution in [-0.2, 0) is 33.3 Å². The third-order valence-electron chi connectivity index (χ3n) is 10.7. The molecule has 0 radical (unpaired) electrons. The first-order valence-electron chi connectivity index (χ1n) is 15.6. The smallest absolute Gasteiger partial charge is 0.455 e. The molecule has 1 saturated heterocycles. The Labute approximate surface area is 269 Å². The fraction of sp³-hybridized carbons (Fsp3) is 0.647. The van der Waals surface area contributed by atoms with Gasteiger partial charge in [0, 0.05) is 25.2 Å². The Hall–Kier alpha value is -3.32. The summed E-state index contributed by atoms with van der Waals surface area (Å²) in [4.78, 5) is 54.0. The van der Waals surface area contributed by atoms with Gasteiger partial charge >= 0.3 is 18.1 Å². The predicted octanol–water partition coefficient (Wildman–Crippen LogP) is 3.29. The average molecular weight is 647 g/mol. The molecule has 1 heterocycles. The van der Waals surface area contributed by atoms with Crippen LogP contribution in [-0.4, -0.2) is 94.1 Å². The summed E-state index contributed by atoms with van der Waals surface area (Å²) in [6.45, 7) is 12.5. The summed E-state index contributed by atoms with van der Waals surface area (Å²) in [7, 11) is 1.10. The predicted molar refractivity (Wildman–Crippen MR) is 162 cm³/mol. The van der Waals surface area contributed by atoms with Crippen molar-refractivity contribution < 1.29 is 58.2 Å². The van der Waals surface area contributed by atoms with E-state index in [1.165, 1.54) is 26.0 Å². The molecule has 3 N–H and O–H groups in total. The monoisotopic (exact) mass is 646 g/mol. The van der Waals surface area contributed by atoms with Crippen LogP contribution in [0, 0.1) is 16.7 Å². The van der Waals surface area contributed by atoms with Gasteiger partial charge in [0.2, 0.25) is 0 Å². The minimum absolute atomic E-state index is 0.124. The molecule has 12 nitrogen and oxygen atoms in total. The quantitative estimate of drug-likeness (QED) is 0.248. The van der Waals surface area contributed by atoms with Crippen LogP contribution in [0.15, 0.2) is 41.5 Å². The van der Waals surface area contributed by atoms with Gasteiger partial charge in [-0.15, -0.1) is 0 Å². The molecule has 3 aliphatic carbocycles. The number of carbonyl (C=O) groups is 4. The highest BCUT2D eigenvalue weighted by molar-refractivity contribution is 5.95. The summed E-state index contributed by atoms with van der Waals surface area (Å²) >= 11 is 0. The van der Waals surface area contributed by atoms with Crippen molar-refractivity contribution in [1.29, 1.82) is 0 Å². The Morgan fingerprint density at radius 3 is 2.13 bits per heavy atom. The zero-order valence-electron chi connectivity index (χ0n) is 27.9. The number of methoxy groups -OCH3 is 1. The number of carbonyl (C=O) groups excluding carboxylic acids is 4. The third kappa shape index (κ3) is 5.04. The summed E-state index contributed by atoms with van der Waals surface area (Å²) in [5.41, 5.74) is -8.59. The van der Waals surface area contributed by atoms with Crippen LogP contribution >= 0.6 is 0 Å². The highest BCUT2D eigenvalue weighted by Gasteiger charge is 2.79. The summed E-state index contributed by atoms with van der Waals surface area (Å²) < 4.78 is 28.4. The van der Waals surface area contributed by atoms with E-state index in [4.69, 9.17) is 23.7 Å². The number of ether oxygens (including phenoxy) is 5. The van der Waals surface area contributed by atoms with Crippen LogP contribution in [0.4, 0.5) is 4.79 Å². The number of benzene rings is 1. The first-order chi connectivity index (χ1) is 21.4. The Balaban J connectivity index is 0.00000235. The van der Waals surface area contributed by atoms with Gasteiger partial charge in [-0.05, 0) is 44.1 Å². The van der Waals surface area contributed by atoms with Gasteiger partial charge in [0.05, 0.1) is 42.3 Å². The zero-order chi connectivity index (χ0) is 34.6. The maximum absolute atomic E-state index is 14.9. The molecule has 1 aliphatic heterocycles. The average Bonchev–Trinajstić information content (AvgIpc) is 3.00. The van der Waals surface area contributed by atoms with Crippen LogP contribution in [0.3, 0.4) is 0 Å². The third-order valence-corrected chi connectivity index (χ3v) is 10.7. The van der Waals surface area contributed by atoms with Crippen molar-refractivity contribution in [2.24, 2.45) is 16.7 Å². The molecule has 2 saturated carbocycles. The number of Topliss-reactive ketones (excluding diaryl/α,β-unsaturated/α-hetero) is 1. The van der Waals surface area contributed by atoms with Gasteiger partial charge in [-0.1, -0.05) is 45.9 Å². The van der Waals surface area contributed by atoms with E-state index in [1.807, 2.05) is 13.8 Å². The van der Waals surface area contributed by atoms with Gasteiger partial charge in [-0.3, -0.25) is 9.59 Å². The summed E-state index contributed by atoms with van der Waals surface area (Å²) in [5.74, 6) is -3.90. The maximum atomic E-state index is 14.9. The van der Waals surface area contributed by atoms with E-state index >= 15 is 0 Å². The Morgan fingerprint density at radius 2 is 1.61 bits per heavy atom. The second-order valence-corrected chi connectivity index (χ2v) is 13.4. The van der Waals surface area contributed by atoms with Crippen LogP contribution in [0.1, 0.15) is 78.6 Å². The summed E-state index contributed by atoms with van der Waals surface area (Å²) in [6, 6.07) is 7.99. The molecule has 1 aromatic carbocycles. The molecule has 46 heavy (non-hydrogen) atoms. The van der Waals surface area contributed by atoms with E-state index in [2.05, 4.69) is 0 Å². The van der Waals surface area contributed by atoms with E-state index < -0.39 is 88.3 Å². The lowest BCUT2D eigenvalue weighted by atomic mass is 9.44. The molecule has 2 bridgehead atoms. The van der Waals surface area contributed by atoms with Crippen LogP contribution in [0.25, 0.3) is 0 Å². The van der Waals surface area contributed by atoms with Crippen LogP contribution in [0.5, 0.6) is 0 Å². The van der Waals surface area contributed by atoms with Crippen molar-refractivity contribution in [2.45, 2.75) is 109 Å². The van der Waals surface area contributed by atoms with Gasteiger partial charge in [0.15, 0.2) is 17.5 Å². The first-order valence-corrected chi connectivity index (χ1v) is 15.6. The Morgan fingerprint density at radius 1 is 1.00 bits per heavy atom. The van der Waals surface area contributed by atoms with Crippen molar-refractivity contribution in [3.05, 3.63) is 47.0 Å². The van der Waals surface area contributed by atoms with Gasteiger partial charge < -0.3 is 39.0 Å². The first kappa shape index (κ1) is 35.5. The summed E-state index contributed by atoms with van der Waals surface area (Å²) in [5, 5.41) is 36.6. The molecule has 3 fully saturated rings. The molecule has 2 unspecified atom stereocenters. The molecule has 12 heteroatoms. The van der Waals surface area contributed by atoms with Gasteiger partial charge in [-0.25, -0.2) is 9.59 Å². The number of hydrogen-bond donors (Lipinski definition) is 3. The van der Waals surface area contributed by atoms with Crippen molar-refractivity contribution in [2.75, 3.05) is 13.7 Å². The molecule has 4 aliphatic rings. The molecule has 0 amide bonds. The molecule has 1 aromatic rings. The number of rotatable bonds is 4. The zero-order valence-corrected chi connectivity index (χ0v) is 27.9. The van der Waals surface area contributed by atoms with Crippen molar-refractivity contribution in [1.82, 2.24) is 0 Å². The number of fused-ring (bicyclic) bond motifs is 5. The number of ketones is 1. The summed E-state index contributed by atoms with van der Waals surface area (Å²) in [6.07, 6.45) is -7.46. The minimum atomic E-state index is -2.19. The van der Waals surface area contributed by atoms with Crippen LogP contribution in [0.2, 0.25) is 0 Å². The van der Waals surface area contributed by atoms with Crippen LogP contribution < -0.4 is 0 Å². The standard InChI is InChI=1S/C32H40O12.C2H6/c1-16-21-22(42-17(2)33)24(35)30(6)19(34)13-20-31(15-41-20,44-27(37)40-7)23(30)25(43-26(36)18-11-9-8-10-12-18)32(39,28(21,3)4)14-29(16,5)38;1-2/h8-12,19-20,22-23,25,34,38-39H,13-15H2,1-7H3;1-2H3/t19?,20-,22-,23?,25+,29+,30-,31+,32-;/m1./s1. The van der Waals surface area contributed by atoms with Crippen molar-refractivity contribution in [3.8, 4) is 0 Å². The van der Waals surface area contributed by atoms with E-state index in [0.29, 0.717) is 0 Å². The lowest BCUT2D eigenvalue weighted by molar-refractivity contribution is -0.345. The SMILES string of the molecule is CC.COC(=O)O[C@@]12CO[C@@H]1CC(O)[C@@]1(C)C(=O)[C@H](OC(C)=O)C3=C(C)[C@@](C)(O)C[C@@](O)([C@@H](OC(=O)c4ccccc4)C12)C3(C)C. The highest BCUT2D eigenvalue weighted by Crippen LogP contribution is 2.65. The second-order valence-electron chi connectivity index (χ2n) is 13.4. The molecular weight excluding hydrogens is 600 g/mol. The van der Waals surface area contributed by atoms with Gasteiger partial charge in [0.1, 0.15) is 17.8 Å². The van der Waals surface area contributed by atoms with Crippen molar-refractivity contribution in [3.63, 3.8) is 0 Å². The number of aliphatic hydroxyl groups is 3. The van der Waals surface area contributed by atoms with E-state index in [1.54, 1.807) is 39.0 Å². The van der Waals surface area contributed by atoms with E-state index in [-0.39, 0.29) is 29.7 Å². The Bertz CT molecular complexity index is 1420. The largest absolute Gasteiger partial charge is 0.508 e. The molecule has 0 spiro atoms. The topological polar surface area (TPSA) is 175 Å². The van der Waals surface area contributed by atoms with Gasteiger partial charge in [-0.2, -0.15) is 0 Å². The minimum Gasteiger partial charge on any atom is -0.455 e. The van der Waals surface area contributed by atoms with E-state index in [9.17, 15) is 34.5 Å². The fourth-order valence-electron chi connectivity index (χ4n) is 8.07. The normalized spacial score (nSPS) is 39.0. The van der Waals surface area contributed by atoms with Crippen molar-refractivity contribution >= 4 is 23.9 Å². The molecule has 9 atom stereocenters. The molecule has 254 valence electrons. The van der Waals surface area contributed by atoms with Gasteiger partial charge in [0.25, 0.3) is 0 Å². The molecular formula is C34H46O12. The number of hydrogen-bond acceptors (Lipinski definition) is 12. The highest BCUT2D eigenvalue weighted by atomic mass is 16.8. The lowest BCUT2D eigenvalue weighted by Crippen LogP contribution is -2.82. The number of esters is 2. The molecule has 0 aromatic heterocycles. The van der Waals surface area contributed by atoms with E-state index in [0.717, 1.165) is 14.0 Å². The maximum Gasteiger partial charge on any atom is 0.508 e. The Kier molecular flexibility index (Phi) is 9.30. The fourth-order valence-corrected chi connectivity index (χ4v) is 8.07. The number of aliphatic hydroxyl groups excluding tert-OH is 1.